The molecule has 1 rings (SSSR count). The van der Waals surface area contributed by atoms with Crippen molar-refractivity contribution in [3.05, 3.63) is 44.9 Å². The lowest BCUT2D eigenvalue weighted by Gasteiger charge is -2.12. The molecule has 14 heavy (non-hydrogen) atoms. The summed E-state index contributed by atoms with van der Waals surface area (Å²) in [7, 11) is 0. The van der Waals surface area contributed by atoms with E-state index in [0.717, 1.165) is 11.1 Å². The van der Waals surface area contributed by atoms with Crippen molar-refractivity contribution in [3.63, 3.8) is 0 Å². The smallest absolute Gasteiger partial charge is 0.258 e. The molecule has 0 aliphatic carbocycles. The van der Waals surface area contributed by atoms with E-state index < -0.39 is 0 Å². The molecule has 0 aromatic heterocycles. The first-order valence-electron chi connectivity index (χ1n) is 4.38. The van der Waals surface area contributed by atoms with Crippen LogP contribution in [0.5, 0.6) is 0 Å². The van der Waals surface area contributed by atoms with Gasteiger partial charge in [0.15, 0.2) is 0 Å². The van der Waals surface area contributed by atoms with Gasteiger partial charge < -0.3 is 0 Å². The molecular formula is C11H13NO2. The summed E-state index contributed by atoms with van der Waals surface area (Å²) in [4.78, 5) is 10.5. The summed E-state index contributed by atoms with van der Waals surface area (Å²) < 4.78 is 0. The highest BCUT2D eigenvalue weighted by Gasteiger charge is 2.20. The van der Waals surface area contributed by atoms with E-state index in [1.807, 2.05) is 13.8 Å². The van der Waals surface area contributed by atoms with E-state index in [1.54, 1.807) is 13.8 Å². The molecule has 0 bridgehead atoms. The van der Waals surface area contributed by atoms with E-state index in [4.69, 9.17) is 6.92 Å². The van der Waals surface area contributed by atoms with Crippen molar-refractivity contribution in [2.24, 2.45) is 0 Å². The minimum Gasteiger partial charge on any atom is -0.258 e. The topological polar surface area (TPSA) is 43.1 Å². The van der Waals surface area contributed by atoms with Crippen molar-refractivity contribution in [3.8, 4) is 0 Å². The van der Waals surface area contributed by atoms with Crippen LogP contribution >= 0.6 is 0 Å². The lowest BCUT2D eigenvalue weighted by molar-refractivity contribution is -0.386. The van der Waals surface area contributed by atoms with Crippen LogP contribution in [0.4, 0.5) is 5.69 Å². The fraction of sp³-hybridized carbons (Fsp3) is 0.364. The zero-order valence-corrected chi connectivity index (χ0v) is 8.84. The molecule has 0 heterocycles. The van der Waals surface area contributed by atoms with Gasteiger partial charge >= 0.3 is 0 Å². The molecule has 0 aliphatic rings. The van der Waals surface area contributed by atoms with Crippen LogP contribution in [0.3, 0.4) is 0 Å². The Bertz CT molecular complexity index is 379. The van der Waals surface area contributed by atoms with Crippen molar-refractivity contribution in [1.29, 1.82) is 0 Å². The van der Waals surface area contributed by atoms with Crippen LogP contribution in [0.2, 0.25) is 0 Å². The number of benzene rings is 1. The first-order valence-corrected chi connectivity index (χ1v) is 4.38. The van der Waals surface area contributed by atoms with E-state index in [2.05, 4.69) is 0 Å². The van der Waals surface area contributed by atoms with Gasteiger partial charge in [0.1, 0.15) is 0 Å². The van der Waals surface area contributed by atoms with Crippen LogP contribution in [0.1, 0.15) is 27.8 Å². The third-order valence-corrected chi connectivity index (χ3v) is 2.83. The van der Waals surface area contributed by atoms with Gasteiger partial charge in [-0.15, -0.1) is 0 Å². The summed E-state index contributed by atoms with van der Waals surface area (Å²) in [6.07, 6.45) is 0. The molecule has 0 saturated carbocycles. The fourth-order valence-electron chi connectivity index (χ4n) is 1.60. The summed E-state index contributed by atoms with van der Waals surface area (Å²) >= 11 is 0. The second-order valence-corrected chi connectivity index (χ2v) is 3.52. The predicted octanol–water partition coefficient (Wildman–Crippen LogP) is 2.89. The molecule has 3 heteroatoms. The van der Waals surface area contributed by atoms with Gasteiger partial charge in [-0.3, -0.25) is 10.1 Å². The first kappa shape index (κ1) is 10.7. The van der Waals surface area contributed by atoms with Crippen LogP contribution < -0.4 is 0 Å². The number of nitro groups is 1. The van der Waals surface area contributed by atoms with Gasteiger partial charge in [0, 0.05) is 11.1 Å². The zero-order chi connectivity index (χ0) is 11.0. The summed E-state index contributed by atoms with van der Waals surface area (Å²) in [5, 5.41) is 10.8. The quantitative estimate of drug-likeness (QED) is 0.506. The molecular weight excluding hydrogens is 178 g/mol. The van der Waals surface area contributed by atoms with Gasteiger partial charge in [0.2, 0.25) is 0 Å². The molecule has 2 radical (unpaired) electrons. The Morgan fingerprint density at radius 1 is 1.00 bits per heavy atom. The molecule has 1 aromatic rings. The minimum atomic E-state index is -0.343. The molecule has 0 unspecified atom stereocenters. The number of nitro benzene ring substituents is 1. The lowest BCUT2D eigenvalue weighted by Crippen LogP contribution is -2.02. The summed E-state index contributed by atoms with van der Waals surface area (Å²) in [5.41, 5.74) is 3.78. The molecule has 0 amide bonds. The Hall–Kier alpha value is -1.38. The normalized spacial score (nSPS) is 10.4. The average molecular weight is 191 g/mol. The van der Waals surface area contributed by atoms with Crippen molar-refractivity contribution in [2.75, 3.05) is 0 Å². The Morgan fingerprint density at radius 2 is 1.36 bits per heavy atom. The third kappa shape index (κ3) is 1.39. The van der Waals surface area contributed by atoms with Crippen LogP contribution in [-0.4, -0.2) is 4.92 Å². The SMILES string of the molecule is [CH]c1c(C)c(C)c([N+](=O)[O-])c(C)c1C. The number of hydrogen-bond donors (Lipinski definition) is 0. The van der Waals surface area contributed by atoms with Gasteiger partial charge in [0.05, 0.1) is 4.92 Å². The van der Waals surface area contributed by atoms with Gasteiger partial charge in [-0.2, -0.15) is 0 Å². The monoisotopic (exact) mass is 191 g/mol. The molecule has 1 aromatic carbocycles. The maximum Gasteiger partial charge on any atom is 0.275 e. The number of rotatable bonds is 1. The number of nitrogens with zero attached hydrogens (tertiary/aromatic N) is 1. The standard InChI is InChI=1S/C11H13NO2/c1-6-7(2)9(4)11(12(13)14)10(5)8(6)3/h1H,2-5H3. The first-order chi connectivity index (χ1) is 6.37. The summed E-state index contributed by atoms with van der Waals surface area (Å²) in [5.74, 6) is 0. The lowest BCUT2D eigenvalue weighted by atomic mass is 9.93. The van der Waals surface area contributed by atoms with Gasteiger partial charge in [-0.1, -0.05) is 0 Å². The summed E-state index contributed by atoms with van der Waals surface area (Å²) in [6.45, 7) is 12.9. The third-order valence-electron chi connectivity index (χ3n) is 2.83. The zero-order valence-electron chi connectivity index (χ0n) is 8.84. The van der Waals surface area contributed by atoms with Gasteiger partial charge in [-0.25, -0.2) is 0 Å². The second-order valence-electron chi connectivity index (χ2n) is 3.52. The van der Waals surface area contributed by atoms with Crippen LogP contribution in [-0.2, 0) is 0 Å². The Kier molecular flexibility index (Phi) is 2.60. The maximum absolute atomic E-state index is 10.8. The van der Waals surface area contributed by atoms with E-state index in [-0.39, 0.29) is 10.6 Å². The van der Waals surface area contributed by atoms with Crippen molar-refractivity contribution < 1.29 is 4.92 Å². The van der Waals surface area contributed by atoms with E-state index in [1.165, 1.54) is 0 Å². The highest BCUT2D eigenvalue weighted by molar-refractivity contribution is 5.58. The van der Waals surface area contributed by atoms with E-state index in [0.29, 0.717) is 16.7 Å². The molecule has 0 atom stereocenters. The molecule has 3 nitrogen and oxygen atoms in total. The van der Waals surface area contributed by atoms with Crippen molar-refractivity contribution in [1.82, 2.24) is 0 Å². The molecule has 0 spiro atoms. The predicted molar refractivity (Wildman–Crippen MR) is 55.4 cm³/mol. The van der Waals surface area contributed by atoms with Crippen molar-refractivity contribution in [2.45, 2.75) is 27.7 Å². The van der Waals surface area contributed by atoms with Crippen LogP contribution in [0.25, 0.3) is 0 Å². The molecule has 0 saturated heterocycles. The Morgan fingerprint density at radius 3 is 1.64 bits per heavy atom. The van der Waals surface area contributed by atoms with Crippen molar-refractivity contribution >= 4 is 5.69 Å². The highest BCUT2D eigenvalue weighted by Crippen LogP contribution is 2.31. The Labute approximate surface area is 83.9 Å². The maximum atomic E-state index is 10.8. The van der Waals surface area contributed by atoms with Crippen LogP contribution in [0.15, 0.2) is 0 Å². The number of hydrogen-bond acceptors (Lipinski definition) is 2. The molecule has 0 N–H and O–H groups in total. The van der Waals surface area contributed by atoms with E-state index >= 15 is 0 Å². The molecule has 0 fully saturated rings. The van der Waals surface area contributed by atoms with Gasteiger partial charge in [0.25, 0.3) is 5.69 Å². The molecule has 0 aliphatic heterocycles. The average Bonchev–Trinajstić information content (AvgIpc) is 2.11. The fourth-order valence-corrected chi connectivity index (χ4v) is 1.60. The second kappa shape index (κ2) is 3.40. The Balaban J connectivity index is 3.68. The minimum absolute atomic E-state index is 0.189. The largest absolute Gasteiger partial charge is 0.275 e. The molecule has 74 valence electrons. The van der Waals surface area contributed by atoms with E-state index in [9.17, 15) is 10.1 Å². The van der Waals surface area contributed by atoms with Gasteiger partial charge in [-0.05, 0) is 51.3 Å². The summed E-state index contributed by atoms with van der Waals surface area (Å²) in [6, 6.07) is 0. The highest BCUT2D eigenvalue weighted by atomic mass is 16.6. The van der Waals surface area contributed by atoms with Crippen LogP contribution in [0, 0.1) is 44.7 Å².